The van der Waals surface area contributed by atoms with E-state index in [-0.39, 0.29) is 53.8 Å². The lowest BCUT2D eigenvalue weighted by atomic mass is 9.38. The molecule has 0 aromatic carbocycles. The predicted octanol–water partition coefficient (Wildman–Crippen LogP) is 3.13. The van der Waals surface area contributed by atoms with Crippen LogP contribution in [0.15, 0.2) is 23.3 Å². The summed E-state index contributed by atoms with van der Waals surface area (Å²) < 4.78 is 30.1. The third-order valence-electron chi connectivity index (χ3n) is 15.7. The topological polar surface area (TPSA) is 205 Å². The molecule has 6 aliphatic rings. The molecule has 0 radical (unpaired) electrons. The van der Waals surface area contributed by atoms with Crippen molar-refractivity contribution in [2.24, 2.45) is 45.3 Å². The molecule has 0 amide bonds. The third kappa shape index (κ3) is 7.48. The number of carbonyl (C=O) groups is 1. The number of aliphatic hydroxyl groups is 7. The van der Waals surface area contributed by atoms with E-state index in [0.29, 0.717) is 12.8 Å². The predicted molar refractivity (Wildman–Crippen MR) is 204 cm³/mol. The van der Waals surface area contributed by atoms with Crippen molar-refractivity contribution in [3.8, 4) is 0 Å². The Hall–Kier alpha value is -1.49. The van der Waals surface area contributed by atoms with E-state index in [0.717, 1.165) is 37.7 Å². The number of ether oxygens (including phenoxy) is 5. The van der Waals surface area contributed by atoms with E-state index in [2.05, 4.69) is 61.5 Å². The SMILES string of the molecule is CC(=O)OC[C@@H]1O[C@H](O[C@H]2C[C@@]3(C)[C@@H]4[C@@H](O)C=C5[C@@H](CC[C@H](O[C@@H]6OC[C@H](O)[C@H](O)[C@@H]6O)C5(C)C)[C@]4(C)CC[C@]3(C)[C@@H]2[C@H](C)CCC=C(C)C)[C@@H](O)[C@H](O)[C@@H]1O. The van der Waals surface area contributed by atoms with Crippen molar-refractivity contribution >= 4 is 5.97 Å². The minimum Gasteiger partial charge on any atom is -0.463 e. The Bertz CT molecular complexity index is 1480. The first-order valence-corrected chi connectivity index (χ1v) is 20.9. The van der Waals surface area contributed by atoms with Gasteiger partial charge in [0.25, 0.3) is 0 Å². The summed E-state index contributed by atoms with van der Waals surface area (Å²) in [6.07, 6.45) is -3.63. The van der Waals surface area contributed by atoms with Gasteiger partial charge in [-0.2, -0.15) is 0 Å². The molecule has 0 unspecified atom stereocenters. The second kappa shape index (κ2) is 16.2. The highest BCUT2D eigenvalue weighted by Gasteiger charge is 2.72. The van der Waals surface area contributed by atoms with Crippen LogP contribution < -0.4 is 0 Å². The highest BCUT2D eigenvalue weighted by molar-refractivity contribution is 5.65. The van der Waals surface area contributed by atoms with Gasteiger partial charge >= 0.3 is 5.97 Å². The zero-order chi connectivity index (χ0) is 41.3. The Balaban J connectivity index is 1.31. The minimum absolute atomic E-state index is 0.00303. The van der Waals surface area contributed by atoms with Gasteiger partial charge in [0.1, 0.15) is 49.3 Å². The van der Waals surface area contributed by atoms with E-state index in [9.17, 15) is 40.5 Å². The van der Waals surface area contributed by atoms with E-state index in [1.807, 2.05) is 6.08 Å². The maximum Gasteiger partial charge on any atom is 0.302 e. The summed E-state index contributed by atoms with van der Waals surface area (Å²) in [5.41, 5.74) is 0.840. The molecule has 0 aromatic heterocycles. The lowest BCUT2D eigenvalue weighted by Crippen LogP contribution is -2.63. The van der Waals surface area contributed by atoms with Crippen LogP contribution in [0.25, 0.3) is 0 Å². The smallest absolute Gasteiger partial charge is 0.302 e. The average molecular weight is 795 g/mol. The summed E-state index contributed by atoms with van der Waals surface area (Å²) in [7, 11) is 0. The summed E-state index contributed by atoms with van der Waals surface area (Å²) >= 11 is 0. The largest absolute Gasteiger partial charge is 0.463 e. The molecule has 320 valence electrons. The molecule has 2 heterocycles. The van der Waals surface area contributed by atoms with Crippen molar-refractivity contribution in [3.05, 3.63) is 23.3 Å². The van der Waals surface area contributed by atoms with Crippen LogP contribution >= 0.6 is 0 Å². The van der Waals surface area contributed by atoms with Crippen LogP contribution in [0.3, 0.4) is 0 Å². The summed E-state index contributed by atoms with van der Waals surface area (Å²) in [6, 6.07) is 0. The van der Waals surface area contributed by atoms with Crippen molar-refractivity contribution in [1.29, 1.82) is 0 Å². The van der Waals surface area contributed by atoms with Gasteiger partial charge in [-0.05, 0) is 92.8 Å². The van der Waals surface area contributed by atoms with E-state index >= 15 is 0 Å². The molecule has 4 aliphatic carbocycles. The van der Waals surface area contributed by atoms with Crippen molar-refractivity contribution in [2.75, 3.05) is 13.2 Å². The monoisotopic (exact) mass is 794 g/mol. The number of aliphatic hydroxyl groups excluding tert-OH is 7. The van der Waals surface area contributed by atoms with Crippen LogP contribution in [-0.2, 0) is 28.5 Å². The standard InChI is InChI=1S/C43H70O13/c1-21(2)11-10-12-22(3)31-28(54-39-36(51)34(49)33(48)29(55-39)20-52-23(4)44)18-43(9)37-26(45)17-25-24(41(37,7)15-16-42(31,43)8)13-14-30(40(25,5)6)56-38-35(50)32(47)27(46)19-53-38/h11,17,22,24,26-39,45-51H,10,12-16,18-20H2,1-9H3/t22-,24-,26+,27+,28+,29+,30+,31-,32+,33-,34-,35+,36+,37-,38+,39+,41+,42-,43+/m1/s1. The molecule has 19 atom stereocenters. The van der Waals surface area contributed by atoms with E-state index in [1.54, 1.807) is 0 Å². The fraction of sp³-hybridized carbons (Fsp3) is 0.884. The molecule has 0 spiro atoms. The molecule has 5 fully saturated rings. The van der Waals surface area contributed by atoms with E-state index < -0.39 is 84.3 Å². The van der Waals surface area contributed by atoms with Crippen molar-refractivity contribution < 1.29 is 64.2 Å². The maximum absolute atomic E-state index is 12.5. The summed E-state index contributed by atoms with van der Waals surface area (Å²) in [4.78, 5) is 11.6. The lowest BCUT2D eigenvalue weighted by Gasteiger charge is -2.67. The van der Waals surface area contributed by atoms with Crippen LogP contribution in [-0.4, -0.2) is 129 Å². The van der Waals surface area contributed by atoms with Crippen molar-refractivity contribution in [1.82, 2.24) is 0 Å². The average Bonchev–Trinajstić information content (AvgIpc) is 3.34. The first-order valence-electron chi connectivity index (χ1n) is 20.9. The summed E-state index contributed by atoms with van der Waals surface area (Å²) in [5.74, 6) is -0.359. The normalized spacial score (nSPS) is 49.1. The fourth-order valence-corrected chi connectivity index (χ4v) is 12.6. The molecular formula is C43H70O13. The van der Waals surface area contributed by atoms with Gasteiger partial charge in [-0.3, -0.25) is 4.79 Å². The second-order valence-electron chi connectivity index (χ2n) is 19.7. The van der Waals surface area contributed by atoms with Gasteiger partial charge in [0.05, 0.1) is 24.9 Å². The first kappa shape index (κ1) is 44.1. The Kier molecular flexibility index (Phi) is 12.7. The van der Waals surface area contributed by atoms with Crippen LogP contribution in [0.4, 0.5) is 0 Å². The van der Waals surface area contributed by atoms with Gasteiger partial charge < -0.3 is 59.4 Å². The zero-order valence-electron chi connectivity index (χ0n) is 34.8. The van der Waals surface area contributed by atoms with Crippen LogP contribution in [0, 0.1) is 45.3 Å². The molecule has 2 saturated heterocycles. The van der Waals surface area contributed by atoms with Gasteiger partial charge in [0.15, 0.2) is 12.6 Å². The number of carbonyl (C=O) groups excluding carboxylic acids is 1. The third-order valence-corrected chi connectivity index (χ3v) is 15.7. The summed E-state index contributed by atoms with van der Waals surface area (Å²) in [5, 5.41) is 76.3. The van der Waals surface area contributed by atoms with Crippen LogP contribution in [0.2, 0.25) is 0 Å². The van der Waals surface area contributed by atoms with Crippen molar-refractivity contribution in [2.45, 2.75) is 181 Å². The molecule has 6 rings (SSSR count). The van der Waals surface area contributed by atoms with Gasteiger partial charge in [0, 0.05) is 18.3 Å². The number of fused-ring (bicyclic) bond motifs is 5. The van der Waals surface area contributed by atoms with Gasteiger partial charge in [-0.15, -0.1) is 0 Å². The maximum atomic E-state index is 12.5. The Morgan fingerprint density at radius 1 is 0.875 bits per heavy atom. The van der Waals surface area contributed by atoms with E-state index in [1.165, 1.54) is 12.5 Å². The molecule has 2 aliphatic heterocycles. The van der Waals surface area contributed by atoms with Gasteiger partial charge in [-0.1, -0.05) is 64.8 Å². The Morgan fingerprint density at radius 3 is 2.21 bits per heavy atom. The van der Waals surface area contributed by atoms with E-state index in [4.69, 9.17) is 23.7 Å². The number of rotatable bonds is 10. The van der Waals surface area contributed by atoms with Gasteiger partial charge in [-0.25, -0.2) is 0 Å². The van der Waals surface area contributed by atoms with Crippen molar-refractivity contribution in [3.63, 3.8) is 0 Å². The fourth-order valence-electron chi connectivity index (χ4n) is 12.6. The second-order valence-corrected chi connectivity index (χ2v) is 19.7. The lowest BCUT2D eigenvalue weighted by molar-refractivity contribution is -0.316. The number of hydrogen-bond donors (Lipinski definition) is 7. The molecule has 3 saturated carbocycles. The Labute approximate surface area is 332 Å². The number of allylic oxidation sites excluding steroid dienone is 2. The Morgan fingerprint density at radius 2 is 1.55 bits per heavy atom. The highest BCUT2D eigenvalue weighted by Crippen LogP contribution is 2.75. The molecular weight excluding hydrogens is 724 g/mol. The van der Waals surface area contributed by atoms with Crippen LogP contribution in [0.5, 0.6) is 0 Å². The molecule has 0 aromatic rings. The van der Waals surface area contributed by atoms with Crippen LogP contribution in [0.1, 0.15) is 107 Å². The molecule has 13 heteroatoms. The highest BCUT2D eigenvalue weighted by atomic mass is 16.7. The molecule has 7 N–H and O–H groups in total. The quantitative estimate of drug-likeness (QED) is 0.126. The van der Waals surface area contributed by atoms with Gasteiger partial charge in [0.2, 0.25) is 0 Å². The minimum atomic E-state index is -1.57. The summed E-state index contributed by atoms with van der Waals surface area (Å²) in [6.45, 7) is 18.5. The molecule has 56 heavy (non-hydrogen) atoms. The first-order chi connectivity index (χ1) is 26.1. The number of hydrogen-bond acceptors (Lipinski definition) is 13. The zero-order valence-corrected chi connectivity index (χ0v) is 34.8. The molecule has 0 bridgehead atoms. The molecule has 13 nitrogen and oxygen atoms in total. The number of esters is 1.